The molecule has 0 atom stereocenters. The Morgan fingerprint density at radius 1 is 1.16 bits per heavy atom. The van der Waals surface area contributed by atoms with Crippen molar-refractivity contribution in [2.45, 2.75) is 38.5 Å². The number of carbonyl (C=O) groups is 2. The molecule has 0 saturated heterocycles. The zero-order valence-electron chi connectivity index (χ0n) is 13.8. The third-order valence-electron chi connectivity index (χ3n) is 4.06. The van der Waals surface area contributed by atoms with Gasteiger partial charge in [0.15, 0.2) is 5.13 Å². The maximum Gasteiger partial charge on any atom is 0.251 e. The van der Waals surface area contributed by atoms with Crippen molar-refractivity contribution in [1.29, 1.82) is 0 Å². The van der Waals surface area contributed by atoms with E-state index in [1.54, 1.807) is 35.6 Å². The van der Waals surface area contributed by atoms with Gasteiger partial charge in [0.2, 0.25) is 5.91 Å². The van der Waals surface area contributed by atoms with Gasteiger partial charge in [-0.1, -0.05) is 11.6 Å². The SMILES string of the molecule is O=C(CCCNC(=O)c1ccc(Cl)cc1)Nc1nc2c(s1)CCCC2. The highest BCUT2D eigenvalue weighted by Crippen LogP contribution is 2.29. The summed E-state index contributed by atoms with van der Waals surface area (Å²) < 4.78 is 0. The first kappa shape index (κ1) is 17.9. The van der Waals surface area contributed by atoms with Crippen LogP contribution in [0.1, 0.15) is 46.6 Å². The summed E-state index contributed by atoms with van der Waals surface area (Å²) in [5.41, 5.74) is 1.70. The molecule has 0 aliphatic heterocycles. The number of halogens is 1. The molecule has 7 heteroatoms. The van der Waals surface area contributed by atoms with Gasteiger partial charge in [0.25, 0.3) is 5.91 Å². The zero-order chi connectivity index (χ0) is 17.6. The van der Waals surface area contributed by atoms with Gasteiger partial charge in [-0.2, -0.15) is 0 Å². The third kappa shape index (κ3) is 5.03. The first-order valence-electron chi connectivity index (χ1n) is 8.44. The second-order valence-electron chi connectivity index (χ2n) is 6.01. The molecule has 2 aromatic rings. The van der Waals surface area contributed by atoms with E-state index in [2.05, 4.69) is 15.6 Å². The van der Waals surface area contributed by atoms with Crippen LogP contribution in [0.4, 0.5) is 5.13 Å². The highest BCUT2D eigenvalue weighted by Gasteiger charge is 2.16. The highest BCUT2D eigenvalue weighted by molar-refractivity contribution is 7.15. The Balaban J connectivity index is 1.38. The average molecular weight is 378 g/mol. The van der Waals surface area contributed by atoms with Crippen molar-refractivity contribution >= 4 is 39.9 Å². The number of nitrogens with zero attached hydrogens (tertiary/aromatic N) is 1. The number of hydrogen-bond donors (Lipinski definition) is 2. The Morgan fingerprint density at radius 2 is 1.92 bits per heavy atom. The molecule has 3 rings (SSSR count). The molecule has 5 nitrogen and oxygen atoms in total. The molecule has 1 aromatic carbocycles. The van der Waals surface area contributed by atoms with Gasteiger partial charge in [0.05, 0.1) is 5.69 Å². The molecule has 132 valence electrons. The van der Waals surface area contributed by atoms with Crippen LogP contribution in [0.15, 0.2) is 24.3 Å². The minimum atomic E-state index is -0.162. The number of benzene rings is 1. The monoisotopic (exact) mass is 377 g/mol. The van der Waals surface area contributed by atoms with E-state index in [9.17, 15) is 9.59 Å². The van der Waals surface area contributed by atoms with E-state index in [0.29, 0.717) is 35.1 Å². The Labute approximate surface area is 155 Å². The summed E-state index contributed by atoms with van der Waals surface area (Å²) >= 11 is 7.38. The highest BCUT2D eigenvalue weighted by atomic mass is 35.5. The van der Waals surface area contributed by atoms with E-state index in [1.165, 1.54) is 17.7 Å². The van der Waals surface area contributed by atoms with Gasteiger partial charge in [0.1, 0.15) is 0 Å². The van der Waals surface area contributed by atoms with Crippen LogP contribution in [0.3, 0.4) is 0 Å². The lowest BCUT2D eigenvalue weighted by molar-refractivity contribution is -0.116. The van der Waals surface area contributed by atoms with Crippen molar-refractivity contribution in [3.63, 3.8) is 0 Å². The van der Waals surface area contributed by atoms with Crippen LogP contribution in [-0.2, 0) is 17.6 Å². The third-order valence-corrected chi connectivity index (χ3v) is 5.39. The molecule has 1 aromatic heterocycles. The summed E-state index contributed by atoms with van der Waals surface area (Å²) in [5.74, 6) is -0.225. The molecular formula is C18H20ClN3O2S. The lowest BCUT2D eigenvalue weighted by atomic mass is 10.0. The molecule has 0 spiro atoms. The summed E-state index contributed by atoms with van der Waals surface area (Å²) in [6, 6.07) is 6.71. The van der Waals surface area contributed by atoms with Gasteiger partial charge < -0.3 is 10.6 Å². The maximum absolute atomic E-state index is 12.0. The number of fused-ring (bicyclic) bond motifs is 1. The Morgan fingerprint density at radius 3 is 2.68 bits per heavy atom. The Kier molecular flexibility index (Phi) is 6.04. The predicted molar refractivity (Wildman–Crippen MR) is 100 cm³/mol. The molecule has 2 amide bonds. The standard InChI is InChI=1S/C18H20ClN3O2S/c19-13-9-7-12(8-10-13)17(24)20-11-3-6-16(23)22-18-21-14-4-1-2-5-15(14)25-18/h7-10H,1-6,11H2,(H,20,24)(H,21,22,23). The molecular weight excluding hydrogens is 358 g/mol. The molecule has 0 radical (unpaired) electrons. The number of hydrogen-bond acceptors (Lipinski definition) is 4. The van der Waals surface area contributed by atoms with Gasteiger partial charge in [-0.25, -0.2) is 4.98 Å². The molecule has 0 unspecified atom stereocenters. The summed E-state index contributed by atoms with van der Waals surface area (Å²) in [7, 11) is 0. The number of aromatic nitrogens is 1. The van der Waals surface area contributed by atoms with Crippen LogP contribution in [0.2, 0.25) is 5.02 Å². The first-order valence-corrected chi connectivity index (χ1v) is 9.63. The second kappa shape index (κ2) is 8.45. The van der Waals surface area contributed by atoms with Crippen molar-refractivity contribution in [3.8, 4) is 0 Å². The van der Waals surface area contributed by atoms with Crippen LogP contribution >= 0.6 is 22.9 Å². The number of rotatable bonds is 6. The number of thiazole rings is 1. The topological polar surface area (TPSA) is 71.1 Å². The van der Waals surface area contributed by atoms with Crippen LogP contribution in [0.25, 0.3) is 0 Å². The van der Waals surface area contributed by atoms with Gasteiger partial charge in [-0.3, -0.25) is 9.59 Å². The average Bonchev–Trinajstić information content (AvgIpc) is 3.01. The normalized spacial score (nSPS) is 13.2. The minimum Gasteiger partial charge on any atom is -0.352 e. The van der Waals surface area contributed by atoms with E-state index in [1.807, 2.05) is 0 Å². The Hall–Kier alpha value is -1.92. The van der Waals surface area contributed by atoms with Gasteiger partial charge >= 0.3 is 0 Å². The van der Waals surface area contributed by atoms with Crippen molar-refractivity contribution in [2.24, 2.45) is 0 Å². The molecule has 1 heterocycles. The second-order valence-corrected chi connectivity index (χ2v) is 7.53. The quantitative estimate of drug-likeness (QED) is 0.751. The lowest BCUT2D eigenvalue weighted by Gasteiger charge is -2.06. The molecule has 0 bridgehead atoms. The van der Waals surface area contributed by atoms with Crippen molar-refractivity contribution in [3.05, 3.63) is 45.4 Å². The van der Waals surface area contributed by atoms with E-state index in [4.69, 9.17) is 11.6 Å². The number of nitrogens with one attached hydrogen (secondary N) is 2. The molecule has 0 fully saturated rings. The fourth-order valence-corrected chi connectivity index (χ4v) is 3.93. The largest absolute Gasteiger partial charge is 0.352 e. The van der Waals surface area contributed by atoms with E-state index >= 15 is 0 Å². The van der Waals surface area contributed by atoms with Gasteiger partial charge in [0, 0.05) is 28.4 Å². The smallest absolute Gasteiger partial charge is 0.251 e. The maximum atomic E-state index is 12.0. The molecule has 1 aliphatic rings. The Bertz CT molecular complexity index is 735. The van der Waals surface area contributed by atoms with Gasteiger partial charge in [-0.05, 0) is 56.4 Å². The van der Waals surface area contributed by atoms with Crippen molar-refractivity contribution < 1.29 is 9.59 Å². The molecule has 0 saturated carbocycles. The molecule has 1 aliphatic carbocycles. The molecule has 2 N–H and O–H groups in total. The lowest BCUT2D eigenvalue weighted by Crippen LogP contribution is -2.25. The number of aryl methyl sites for hydroxylation is 2. The van der Waals surface area contributed by atoms with E-state index in [-0.39, 0.29) is 11.8 Å². The predicted octanol–water partition coefficient (Wildman–Crippen LogP) is 3.82. The summed E-state index contributed by atoms with van der Waals surface area (Å²) in [6.07, 6.45) is 5.40. The fourth-order valence-electron chi connectivity index (χ4n) is 2.74. The summed E-state index contributed by atoms with van der Waals surface area (Å²) in [4.78, 5) is 29.7. The van der Waals surface area contributed by atoms with Crippen LogP contribution in [0.5, 0.6) is 0 Å². The summed E-state index contributed by atoms with van der Waals surface area (Å²) in [6.45, 7) is 0.448. The van der Waals surface area contributed by atoms with E-state index in [0.717, 1.165) is 18.5 Å². The fraction of sp³-hybridized carbons (Fsp3) is 0.389. The first-order chi connectivity index (χ1) is 12.1. The number of anilines is 1. The van der Waals surface area contributed by atoms with Crippen molar-refractivity contribution in [1.82, 2.24) is 10.3 Å². The van der Waals surface area contributed by atoms with Crippen LogP contribution in [-0.4, -0.2) is 23.3 Å². The van der Waals surface area contributed by atoms with Crippen molar-refractivity contribution in [2.75, 3.05) is 11.9 Å². The van der Waals surface area contributed by atoms with Gasteiger partial charge in [-0.15, -0.1) is 11.3 Å². The molecule has 25 heavy (non-hydrogen) atoms. The minimum absolute atomic E-state index is 0.0631. The van der Waals surface area contributed by atoms with E-state index < -0.39 is 0 Å². The number of amides is 2. The zero-order valence-corrected chi connectivity index (χ0v) is 15.4. The summed E-state index contributed by atoms with van der Waals surface area (Å²) in [5, 5.41) is 6.96. The van der Waals surface area contributed by atoms with Crippen LogP contribution in [0, 0.1) is 0 Å². The number of carbonyl (C=O) groups excluding carboxylic acids is 2. The van der Waals surface area contributed by atoms with Crippen LogP contribution < -0.4 is 10.6 Å².